The molecule has 4 rings (SSSR count). The predicted octanol–water partition coefficient (Wildman–Crippen LogP) is 2.16. The summed E-state index contributed by atoms with van der Waals surface area (Å²) in [7, 11) is -1.98. The van der Waals surface area contributed by atoms with Crippen LogP contribution < -0.4 is 10.3 Å². The highest BCUT2D eigenvalue weighted by Crippen LogP contribution is 2.24. The Labute approximate surface area is 148 Å². The summed E-state index contributed by atoms with van der Waals surface area (Å²) in [5.74, 6) is 0. The molecule has 1 N–H and O–H groups in total. The highest BCUT2D eigenvalue weighted by Gasteiger charge is 2.18. The van der Waals surface area contributed by atoms with E-state index in [1.54, 1.807) is 11.6 Å². The van der Waals surface area contributed by atoms with Crippen LogP contribution in [0.4, 0.5) is 0 Å². The minimum absolute atomic E-state index is 0.0947. The Kier molecular flexibility index (Phi) is 3.86. The lowest BCUT2D eigenvalue weighted by Crippen LogP contribution is -2.23. The van der Waals surface area contributed by atoms with Crippen molar-refractivity contribution in [2.75, 3.05) is 0 Å². The van der Waals surface area contributed by atoms with Gasteiger partial charge in [-0.3, -0.25) is 0 Å². The highest BCUT2D eigenvalue weighted by atomic mass is 32.2. The molecule has 7 nitrogen and oxygen atoms in total. The van der Waals surface area contributed by atoms with Gasteiger partial charge < -0.3 is 8.98 Å². The summed E-state index contributed by atoms with van der Waals surface area (Å²) in [6.45, 7) is 0.187. The topological polar surface area (TPSA) is 94.2 Å². The third-order valence-corrected chi connectivity index (χ3v) is 5.56. The van der Waals surface area contributed by atoms with Crippen molar-refractivity contribution in [1.82, 2.24) is 14.3 Å². The number of rotatable bonds is 4. The van der Waals surface area contributed by atoms with E-state index in [0.29, 0.717) is 16.5 Å². The van der Waals surface area contributed by atoms with Crippen molar-refractivity contribution in [3.8, 4) is 0 Å². The smallest absolute Gasteiger partial charge is 0.364 e. The van der Waals surface area contributed by atoms with Crippen LogP contribution in [0, 0.1) is 0 Å². The van der Waals surface area contributed by atoms with Gasteiger partial charge in [-0.1, -0.05) is 30.3 Å². The van der Waals surface area contributed by atoms with Crippen molar-refractivity contribution in [2.45, 2.75) is 11.4 Å². The standard InChI is InChI=1S/C18H15N3O4S/c1-21-11-19-16-17(21)14-9-13(7-8-15(14)25-18(16)22)26(23,24)20-10-12-5-3-2-4-6-12/h2-9,11,20H,10H2,1H3. The van der Waals surface area contributed by atoms with E-state index in [1.165, 1.54) is 24.5 Å². The van der Waals surface area contributed by atoms with Crippen LogP contribution in [0.3, 0.4) is 0 Å². The Morgan fingerprint density at radius 2 is 1.92 bits per heavy atom. The fourth-order valence-corrected chi connectivity index (χ4v) is 3.90. The number of aryl methyl sites for hydroxylation is 1. The van der Waals surface area contributed by atoms with Crippen LogP contribution in [-0.2, 0) is 23.6 Å². The van der Waals surface area contributed by atoms with E-state index in [0.717, 1.165) is 5.56 Å². The molecule has 0 aliphatic carbocycles. The number of sulfonamides is 1. The summed E-state index contributed by atoms with van der Waals surface area (Å²) < 4.78 is 34.8. The molecule has 2 aromatic heterocycles. The van der Waals surface area contributed by atoms with Gasteiger partial charge in [-0.05, 0) is 23.8 Å². The Balaban J connectivity index is 1.79. The average molecular weight is 369 g/mol. The van der Waals surface area contributed by atoms with E-state index in [9.17, 15) is 13.2 Å². The second-order valence-corrected chi connectivity index (χ2v) is 7.68. The fraction of sp³-hybridized carbons (Fsp3) is 0.111. The summed E-state index contributed by atoms with van der Waals surface area (Å²) in [6, 6.07) is 13.7. The second kappa shape index (κ2) is 6.08. The second-order valence-electron chi connectivity index (χ2n) is 5.91. The van der Waals surface area contributed by atoms with Crippen LogP contribution in [0.1, 0.15) is 5.56 Å². The van der Waals surface area contributed by atoms with Gasteiger partial charge in [0.25, 0.3) is 0 Å². The number of nitrogens with one attached hydrogen (secondary N) is 1. The van der Waals surface area contributed by atoms with Gasteiger partial charge in [0.2, 0.25) is 10.0 Å². The predicted molar refractivity (Wildman–Crippen MR) is 97.2 cm³/mol. The van der Waals surface area contributed by atoms with Gasteiger partial charge >= 0.3 is 5.63 Å². The van der Waals surface area contributed by atoms with Crippen LogP contribution in [0.15, 0.2) is 69.0 Å². The molecule has 132 valence electrons. The zero-order chi connectivity index (χ0) is 18.3. The molecule has 0 aliphatic rings. The SMILES string of the molecule is Cn1cnc2c(=O)oc3ccc(S(=O)(=O)NCc4ccccc4)cc3c21. The fourth-order valence-electron chi connectivity index (χ4n) is 2.85. The van der Waals surface area contributed by atoms with E-state index >= 15 is 0 Å². The molecule has 0 amide bonds. The molecule has 0 spiro atoms. The minimum atomic E-state index is -3.72. The first-order valence-corrected chi connectivity index (χ1v) is 9.35. The highest BCUT2D eigenvalue weighted by molar-refractivity contribution is 7.89. The van der Waals surface area contributed by atoms with Crippen LogP contribution >= 0.6 is 0 Å². The molecule has 0 aliphatic heterocycles. The van der Waals surface area contributed by atoms with Gasteiger partial charge in [0.15, 0.2) is 5.52 Å². The van der Waals surface area contributed by atoms with Crippen LogP contribution in [0.2, 0.25) is 0 Å². The number of hydrogen-bond acceptors (Lipinski definition) is 5. The van der Waals surface area contributed by atoms with Gasteiger partial charge in [0.1, 0.15) is 5.58 Å². The third kappa shape index (κ3) is 2.79. The summed E-state index contributed by atoms with van der Waals surface area (Å²) >= 11 is 0. The molecule has 8 heteroatoms. The summed E-state index contributed by atoms with van der Waals surface area (Å²) in [5, 5.41) is 0.516. The van der Waals surface area contributed by atoms with E-state index < -0.39 is 15.6 Å². The quantitative estimate of drug-likeness (QED) is 0.556. The first-order valence-electron chi connectivity index (χ1n) is 7.87. The molecular formula is C18H15N3O4S. The van der Waals surface area contributed by atoms with Crippen LogP contribution in [0.25, 0.3) is 22.0 Å². The Morgan fingerprint density at radius 1 is 1.15 bits per heavy atom. The lowest BCUT2D eigenvalue weighted by molar-refractivity contribution is 0.567. The lowest BCUT2D eigenvalue weighted by atomic mass is 10.2. The van der Waals surface area contributed by atoms with Crippen molar-refractivity contribution < 1.29 is 12.8 Å². The zero-order valence-corrected chi connectivity index (χ0v) is 14.7. The first-order chi connectivity index (χ1) is 12.5. The van der Waals surface area contributed by atoms with E-state index in [1.807, 2.05) is 30.3 Å². The lowest BCUT2D eigenvalue weighted by Gasteiger charge is -2.08. The molecule has 4 aromatic rings. The number of imidazole rings is 1. The molecule has 0 radical (unpaired) electrons. The number of benzene rings is 2. The van der Waals surface area contributed by atoms with E-state index in [-0.39, 0.29) is 17.0 Å². The number of aromatic nitrogens is 2. The van der Waals surface area contributed by atoms with Crippen LogP contribution in [0.5, 0.6) is 0 Å². The molecule has 2 heterocycles. The van der Waals surface area contributed by atoms with Gasteiger partial charge in [0.05, 0.1) is 16.7 Å². The normalized spacial score (nSPS) is 12.0. The summed E-state index contributed by atoms with van der Waals surface area (Å²) in [5.41, 5.74) is 1.33. The maximum absolute atomic E-state index is 12.6. The van der Waals surface area contributed by atoms with Crippen molar-refractivity contribution in [3.05, 3.63) is 70.8 Å². The van der Waals surface area contributed by atoms with Crippen molar-refractivity contribution in [2.24, 2.45) is 7.05 Å². The molecule has 2 aromatic carbocycles. The number of hydrogen-bond donors (Lipinski definition) is 1. The van der Waals surface area contributed by atoms with E-state index in [2.05, 4.69) is 9.71 Å². The van der Waals surface area contributed by atoms with Crippen molar-refractivity contribution in [1.29, 1.82) is 0 Å². The Morgan fingerprint density at radius 3 is 2.69 bits per heavy atom. The average Bonchev–Trinajstić information content (AvgIpc) is 3.03. The molecule has 0 saturated carbocycles. The van der Waals surface area contributed by atoms with Gasteiger partial charge in [-0.2, -0.15) is 0 Å². The maximum atomic E-state index is 12.6. The summed E-state index contributed by atoms with van der Waals surface area (Å²) in [6.07, 6.45) is 1.50. The van der Waals surface area contributed by atoms with Crippen molar-refractivity contribution >= 4 is 32.0 Å². The number of fused-ring (bicyclic) bond motifs is 3. The largest absolute Gasteiger partial charge is 0.421 e. The maximum Gasteiger partial charge on any atom is 0.364 e. The van der Waals surface area contributed by atoms with Gasteiger partial charge in [-0.25, -0.2) is 22.9 Å². The minimum Gasteiger partial charge on any atom is -0.421 e. The van der Waals surface area contributed by atoms with E-state index in [4.69, 9.17) is 4.42 Å². The van der Waals surface area contributed by atoms with Gasteiger partial charge in [0, 0.05) is 19.0 Å². The van der Waals surface area contributed by atoms with Gasteiger partial charge in [-0.15, -0.1) is 0 Å². The molecule has 26 heavy (non-hydrogen) atoms. The van der Waals surface area contributed by atoms with Crippen molar-refractivity contribution in [3.63, 3.8) is 0 Å². The summed E-state index contributed by atoms with van der Waals surface area (Å²) in [4.78, 5) is 16.1. The van der Waals surface area contributed by atoms with Crippen LogP contribution in [-0.4, -0.2) is 18.0 Å². The molecule has 0 bridgehead atoms. The molecular weight excluding hydrogens is 354 g/mol. The monoisotopic (exact) mass is 369 g/mol. The molecule has 0 atom stereocenters. The Hall–Kier alpha value is -2.97. The molecule has 0 saturated heterocycles. The number of nitrogens with zero attached hydrogens (tertiary/aromatic N) is 2. The molecule has 0 unspecified atom stereocenters. The third-order valence-electron chi connectivity index (χ3n) is 4.16. The first kappa shape index (κ1) is 16.5. The molecule has 0 fully saturated rings. The Bertz CT molecular complexity index is 1270. The zero-order valence-electron chi connectivity index (χ0n) is 13.8.